The van der Waals surface area contributed by atoms with Crippen LogP contribution in [0.4, 0.5) is 0 Å². The van der Waals surface area contributed by atoms with Gasteiger partial charge in [-0.25, -0.2) is 0 Å². The lowest BCUT2D eigenvalue weighted by Gasteiger charge is -2.11. The lowest BCUT2D eigenvalue weighted by molar-refractivity contribution is 0.486. The van der Waals surface area contributed by atoms with Crippen LogP contribution < -0.4 is 0 Å². The van der Waals surface area contributed by atoms with Crippen molar-refractivity contribution in [3.8, 4) is 0 Å². The van der Waals surface area contributed by atoms with Crippen molar-refractivity contribution in [2.45, 2.75) is 33.1 Å². The van der Waals surface area contributed by atoms with E-state index in [0.29, 0.717) is 0 Å². The zero-order chi connectivity index (χ0) is 8.53. The van der Waals surface area contributed by atoms with Crippen LogP contribution >= 0.6 is 0 Å². The lowest BCUT2D eigenvalue weighted by Crippen LogP contribution is -2.17. The second-order valence-corrected chi connectivity index (χ2v) is 2.80. The molecule has 0 aromatic rings. The van der Waals surface area contributed by atoms with E-state index < -0.39 is 0 Å². The van der Waals surface area contributed by atoms with Gasteiger partial charge < -0.3 is 4.90 Å². The molecule has 66 valence electrons. The highest BCUT2D eigenvalue weighted by Crippen LogP contribution is 1.94. The van der Waals surface area contributed by atoms with Crippen molar-refractivity contribution in [1.29, 1.82) is 0 Å². The highest BCUT2D eigenvalue weighted by Gasteiger charge is 1.89. The quantitative estimate of drug-likeness (QED) is 0.327. The third-order valence-corrected chi connectivity index (χ3v) is 1.58. The summed E-state index contributed by atoms with van der Waals surface area (Å²) in [4.78, 5) is 6.30. The summed E-state index contributed by atoms with van der Waals surface area (Å²) in [6.45, 7) is 6.30. The first-order valence-electron chi connectivity index (χ1n) is 4.51. The molecule has 11 heavy (non-hydrogen) atoms. The first kappa shape index (κ1) is 10.5. The van der Waals surface area contributed by atoms with Gasteiger partial charge in [0, 0.05) is 20.1 Å². The maximum Gasteiger partial charge on any atom is 0.0847 e. The molecule has 0 amide bonds. The maximum atomic E-state index is 4.15. The highest BCUT2D eigenvalue weighted by molar-refractivity contribution is 5.54. The smallest absolute Gasteiger partial charge is 0.0847 e. The molecule has 0 aromatic heterocycles. The van der Waals surface area contributed by atoms with Crippen molar-refractivity contribution in [1.82, 2.24) is 4.90 Å². The minimum atomic E-state index is 0.887. The van der Waals surface area contributed by atoms with E-state index in [4.69, 9.17) is 0 Å². The molecule has 0 atom stereocenters. The summed E-state index contributed by atoms with van der Waals surface area (Å²) in [6, 6.07) is 0. The van der Waals surface area contributed by atoms with Gasteiger partial charge in [0.05, 0.1) is 6.34 Å². The molecule has 0 radical (unpaired) electrons. The van der Waals surface area contributed by atoms with Gasteiger partial charge >= 0.3 is 0 Å². The third-order valence-electron chi connectivity index (χ3n) is 1.58. The van der Waals surface area contributed by atoms with Crippen LogP contribution in [0.5, 0.6) is 0 Å². The SMILES string of the molecule is CCCCCN(C)/C=N\CC. The van der Waals surface area contributed by atoms with Crippen molar-refractivity contribution in [3.63, 3.8) is 0 Å². The summed E-state index contributed by atoms with van der Waals surface area (Å²) in [6.07, 6.45) is 5.82. The second kappa shape index (κ2) is 7.58. The number of hydrogen-bond donors (Lipinski definition) is 0. The summed E-state index contributed by atoms with van der Waals surface area (Å²) in [5, 5.41) is 0. The van der Waals surface area contributed by atoms with Gasteiger partial charge in [0.1, 0.15) is 0 Å². The molecule has 0 saturated carbocycles. The first-order valence-corrected chi connectivity index (χ1v) is 4.51. The molecule has 0 bridgehead atoms. The fourth-order valence-electron chi connectivity index (χ4n) is 0.890. The van der Waals surface area contributed by atoms with Crippen LogP contribution in [0.2, 0.25) is 0 Å². The minimum absolute atomic E-state index is 0.887. The number of rotatable bonds is 6. The largest absolute Gasteiger partial charge is 0.366 e. The Labute approximate surface area is 70.3 Å². The Hall–Kier alpha value is -0.530. The molecule has 2 heteroatoms. The molecule has 2 nitrogen and oxygen atoms in total. The Morgan fingerprint density at radius 1 is 1.27 bits per heavy atom. The standard InChI is InChI=1S/C9H20N2/c1-4-6-7-8-11(3)9-10-5-2/h9H,4-8H2,1-3H3/b10-9-. The topological polar surface area (TPSA) is 15.6 Å². The zero-order valence-corrected chi connectivity index (χ0v) is 8.01. The molecule has 0 rings (SSSR count). The predicted molar refractivity (Wildman–Crippen MR) is 51.2 cm³/mol. The lowest BCUT2D eigenvalue weighted by atomic mass is 10.2. The highest BCUT2D eigenvalue weighted by atomic mass is 15.1. The predicted octanol–water partition coefficient (Wildman–Crippen LogP) is 2.16. The molecule has 0 unspecified atom stereocenters. The Kier molecular flexibility index (Phi) is 7.21. The minimum Gasteiger partial charge on any atom is -0.366 e. The summed E-state index contributed by atoms with van der Waals surface area (Å²) in [5.74, 6) is 0. The number of nitrogens with zero attached hydrogens (tertiary/aromatic N) is 2. The van der Waals surface area contributed by atoms with Crippen molar-refractivity contribution in [2.75, 3.05) is 20.1 Å². The van der Waals surface area contributed by atoms with Crippen LogP contribution in [0.1, 0.15) is 33.1 Å². The van der Waals surface area contributed by atoms with Gasteiger partial charge in [0.15, 0.2) is 0 Å². The third kappa shape index (κ3) is 7.37. The molecule has 0 fully saturated rings. The van der Waals surface area contributed by atoms with Crippen molar-refractivity contribution >= 4 is 6.34 Å². The van der Waals surface area contributed by atoms with E-state index in [1.54, 1.807) is 0 Å². The van der Waals surface area contributed by atoms with Gasteiger partial charge in [-0.1, -0.05) is 19.8 Å². The van der Waals surface area contributed by atoms with E-state index >= 15 is 0 Å². The van der Waals surface area contributed by atoms with Gasteiger partial charge in [-0.3, -0.25) is 4.99 Å². The monoisotopic (exact) mass is 156 g/mol. The molecular weight excluding hydrogens is 136 g/mol. The second-order valence-electron chi connectivity index (χ2n) is 2.80. The summed E-state index contributed by atoms with van der Waals surface area (Å²) in [7, 11) is 2.08. The molecule has 0 spiro atoms. The molecule has 0 aliphatic carbocycles. The van der Waals surface area contributed by atoms with Gasteiger partial charge in [0.2, 0.25) is 0 Å². The molecule has 0 aromatic carbocycles. The van der Waals surface area contributed by atoms with Crippen molar-refractivity contribution < 1.29 is 0 Å². The van der Waals surface area contributed by atoms with Crippen LogP contribution in [0, 0.1) is 0 Å². The fraction of sp³-hybridized carbons (Fsp3) is 0.889. The molecule has 0 aliphatic rings. The van der Waals surface area contributed by atoms with Gasteiger partial charge in [-0.15, -0.1) is 0 Å². The van der Waals surface area contributed by atoms with Crippen LogP contribution in [0.25, 0.3) is 0 Å². The van der Waals surface area contributed by atoms with Crippen LogP contribution in [-0.4, -0.2) is 31.4 Å². The Balaban J connectivity index is 3.21. The van der Waals surface area contributed by atoms with E-state index in [1.165, 1.54) is 19.3 Å². The number of unbranched alkanes of at least 4 members (excludes halogenated alkanes) is 2. The molecule has 0 heterocycles. The fourth-order valence-corrected chi connectivity index (χ4v) is 0.890. The average Bonchev–Trinajstić information content (AvgIpc) is 2.01. The molecule has 0 aliphatic heterocycles. The summed E-state index contributed by atoms with van der Waals surface area (Å²) >= 11 is 0. The summed E-state index contributed by atoms with van der Waals surface area (Å²) in [5.41, 5.74) is 0. The summed E-state index contributed by atoms with van der Waals surface area (Å²) < 4.78 is 0. The Bertz CT molecular complexity index is 99.7. The van der Waals surface area contributed by atoms with E-state index in [9.17, 15) is 0 Å². The van der Waals surface area contributed by atoms with Gasteiger partial charge in [-0.2, -0.15) is 0 Å². The van der Waals surface area contributed by atoms with E-state index in [-0.39, 0.29) is 0 Å². The Morgan fingerprint density at radius 3 is 2.55 bits per heavy atom. The normalized spacial score (nSPS) is 10.8. The van der Waals surface area contributed by atoms with Crippen molar-refractivity contribution in [3.05, 3.63) is 0 Å². The van der Waals surface area contributed by atoms with Gasteiger partial charge in [0.25, 0.3) is 0 Å². The Morgan fingerprint density at radius 2 is 2.00 bits per heavy atom. The van der Waals surface area contributed by atoms with Crippen LogP contribution in [0.3, 0.4) is 0 Å². The van der Waals surface area contributed by atoms with E-state index in [2.05, 4.69) is 30.8 Å². The first-order chi connectivity index (χ1) is 5.31. The maximum absolute atomic E-state index is 4.15. The molecule has 0 N–H and O–H groups in total. The van der Waals surface area contributed by atoms with Gasteiger partial charge in [-0.05, 0) is 13.3 Å². The van der Waals surface area contributed by atoms with E-state index in [1.807, 2.05) is 6.34 Å². The average molecular weight is 156 g/mol. The van der Waals surface area contributed by atoms with Crippen LogP contribution in [-0.2, 0) is 0 Å². The number of aliphatic imine (C=N–C) groups is 1. The number of hydrogen-bond acceptors (Lipinski definition) is 1. The van der Waals surface area contributed by atoms with E-state index in [0.717, 1.165) is 13.1 Å². The zero-order valence-electron chi connectivity index (χ0n) is 8.01. The van der Waals surface area contributed by atoms with Crippen LogP contribution in [0.15, 0.2) is 4.99 Å². The molecule has 0 saturated heterocycles. The van der Waals surface area contributed by atoms with Crippen molar-refractivity contribution in [2.24, 2.45) is 4.99 Å². The molecular formula is C9H20N2.